The molecule has 1 N–H and O–H groups in total. The minimum Gasteiger partial charge on any atom is -0.507 e. The number of aliphatic hydroxyl groups excluding tert-OH is 1. The first-order valence-electron chi connectivity index (χ1n) is 10.3. The molecule has 1 unspecified atom stereocenters. The molecule has 0 aliphatic carbocycles. The molecule has 4 rings (SSSR count). The molecule has 168 valence electrons. The van der Waals surface area contributed by atoms with Crippen LogP contribution in [0.5, 0.6) is 5.75 Å². The highest BCUT2D eigenvalue weighted by atomic mass is 19.1. The molecule has 1 saturated heterocycles. The molecule has 8 heteroatoms. The van der Waals surface area contributed by atoms with E-state index in [0.717, 1.165) is 29.5 Å². The molecule has 3 aromatic rings. The number of carbonyl (C=O) groups excluding carboxylic acids is 2. The number of aliphatic hydroxyl groups is 1. The van der Waals surface area contributed by atoms with Crippen molar-refractivity contribution in [1.29, 1.82) is 0 Å². The van der Waals surface area contributed by atoms with Crippen molar-refractivity contribution in [3.63, 3.8) is 0 Å². The van der Waals surface area contributed by atoms with Crippen molar-refractivity contribution in [3.05, 3.63) is 95.3 Å². The van der Waals surface area contributed by atoms with Gasteiger partial charge in [0.2, 0.25) is 0 Å². The number of Topliss-reactive ketones (excluding diaryl/α,β-unsaturated/α-hetero) is 1. The predicted octanol–water partition coefficient (Wildman–Crippen LogP) is 4.77. The number of ketones is 1. The molecule has 0 saturated carbocycles. The zero-order chi connectivity index (χ0) is 23.5. The summed E-state index contributed by atoms with van der Waals surface area (Å²) in [4.78, 5) is 30.9. The van der Waals surface area contributed by atoms with Crippen molar-refractivity contribution >= 4 is 23.1 Å². The molecule has 6 nitrogen and oxygen atoms in total. The van der Waals surface area contributed by atoms with Gasteiger partial charge >= 0.3 is 0 Å². The van der Waals surface area contributed by atoms with Crippen LogP contribution in [0, 0.1) is 11.6 Å². The fourth-order valence-corrected chi connectivity index (χ4v) is 3.72. The van der Waals surface area contributed by atoms with Gasteiger partial charge in [0.15, 0.2) is 0 Å². The smallest absolute Gasteiger partial charge is 0.300 e. The molecule has 0 spiro atoms. The van der Waals surface area contributed by atoms with Crippen LogP contribution in [0.3, 0.4) is 0 Å². The summed E-state index contributed by atoms with van der Waals surface area (Å²) < 4.78 is 34.2. The van der Waals surface area contributed by atoms with E-state index in [-0.39, 0.29) is 11.1 Å². The van der Waals surface area contributed by atoms with E-state index in [4.69, 9.17) is 4.74 Å². The Kier molecular flexibility index (Phi) is 6.17. The number of ether oxygens (including phenoxy) is 1. The summed E-state index contributed by atoms with van der Waals surface area (Å²) in [6.07, 6.45) is 3.66. The molecule has 1 aliphatic heterocycles. The Morgan fingerprint density at radius 2 is 1.85 bits per heavy atom. The van der Waals surface area contributed by atoms with Crippen LogP contribution in [0.15, 0.2) is 72.6 Å². The lowest BCUT2D eigenvalue weighted by Crippen LogP contribution is -2.30. The van der Waals surface area contributed by atoms with Crippen molar-refractivity contribution in [3.8, 4) is 5.75 Å². The lowest BCUT2D eigenvalue weighted by Gasteiger charge is -2.25. The summed E-state index contributed by atoms with van der Waals surface area (Å²) in [5.41, 5.74) is -0.00586. The summed E-state index contributed by atoms with van der Waals surface area (Å²) in [6.45, 7) is 2.41. The number of aromatic nitrogens is 1. The number of nitrogens with zero attached hydrogens (tertiary/aromatic N) is 2. The molecule has 2 aromatic carbocycles. The number of amides is 1. The lowest BCUT2D eigenvalue weighted by atomic mass is 9.95. The van der Waals surface area contributed by atoms with Gasteiger partial charge in [-0.25, -0.2) is 8.78 Å². The van der Waals surface area contributed by atoms with E-state index < -0.39 is 40.8 Å². The van der Waals surface area contributed by atoms with Gasteiger partial charge in [-0.05, 0) is 48.4 Å². The second kappa shape index (κ2) is 9.20. The summed E-state index contributed by atoms with van der Waals surface area (Å²) in [5.74, 6) is -3.72. The number of benzene rings is 2. The standard InChI is InChI=1S/C25H20F2N2O4/c1-2-12-33-18-5-3-4-16(13-18)23(30)21-22(15-8-10-28-11-9-15)29(25(32)24(21)31)20-14-17(26)6-7-19(20)27/h3-11,13-14,22,30H,2,12H2,1H3/b23-21+. The normalized spacial score (nSPS) is 17.4. The first kappa shape index (κ1) is 22.1. The van der Waals surface area contributed by atoms with Crippen LogP contribution in [0.25, 0.3) is 5.76 Å². The quantitative estimate of drug-likeness (QED) is 0.332. The molecule has 1 atom stereocenters. The fraction of sp³-hybridized carbons (Fsp3) is 0.160. The number of hydrogen-bond acceptors (Lipinski definition) is 5. The van der Waals surface area contributed by atoms with Crippen molar-refractivity contribution in [1.82, 2.24) is 4.98 Å². The summed E-state index contributed by atoms with van der Waals surface area (Å²) >= 11 is 0. The lowest BCUT2D eigenvalue weighted by molar-refractivity contribution is -0.132. The molecule has 1 aliphatic rings. The van der Waals surface area contributed by atoms with Crippen molar-refractivity contribution in [2.45, 2.75) is 19.4 Å². The van der Waals surface area contributed by atoms with Crippen LogP contribution < -0.4 is 9.64 Å². The van der Waals surface area contributed by atoms with Gasteiger partial charge in [-0.1, -0.05) is 19.1 Å². The summed E-state index contributed by atoms with van der Waals surface area (Å²) in [6, 6.07) is 11.0. The van der Waals surface area contributed by atoms with E-state index in [9.17, 15) is 23.5 Å². The van der Waals surface area contributed by atoms with Crippen LogP contribution in [0.4, 0.5) is 14.5 Å². The highest BCUT2D eigenvalue weighted by Gasteiger charge is 2.47. The van der Waals surface area contributed by atoms with Gasteiger partial charge in [-0.3, -0.25) is 19.5 Å². The van der Waals surface area contributed by atoms with Crippen molar-refractivity contribution in [2.24, 2.45) is 0 Å². The first-order chi connectivity index (χ1) is 15.9. The van der Waals surface area contributed by atoms with E-state index in [1.807, 2.05) is 6.92 Å². The Morgan fingerprint density at radius 1 is 1.09 bits per heavy atom. The highest BCUT2D eigenvalue weighted by molar-refractivity contribution is 6.51. The van der Waals surface area contributed by atoms with Gasteiger partial charge in [0, 0.05) is 24.0 Å². The van der Waals surface area contributed by atoms with E-state index in [2.05, 4.69) is 4.98 Å². The molecule has 0 radical (unpaired) electrons. The zero-order valence-corrected chi connectivity index (χ0v) is 17.7. The second-order valence-corrected chi connectivity index (χ2v) is 7.42. The van der Waals surface area contributed by atoms with Crippen LogP contribution >= 0.6 is 0 Å². The third kappa shape index (κ3) is 4.19. The van der Waals surface area contributed by atoms with E-state index >= 15 is 0 Å². The Labute approximate surface area is 188 Å². The minimum atomic E-state index is -1.19. The molecule has 0 bridgehead atoms. The topological polar surface area (TPSA) is 79.7 Å². The largest absolute Gasteiger partial charge is 0.507 e. The Bertz CT molecular complexity index is 1240. The average molecular weight is 450 g/mol. The third-order valence-electron chi connectivity index (χ3n) is 5.21. The van der Waals surface area contributed by atoms with Crippen molar-refractivity contribution in [2.75, 3.05) is 11.5 Å². The third-order valence-corrected chi connectivity index (χ3v) is 5.21. The number of hydrogen-bond donors (Lipinski definition) is 1. The monoisotopic (exact) mass is 450 g/mol. The molecular formula is C25H20F2N2O4. The average Bonchev–Trinajstić information content (AvgIpc) is 3.10. The number of halogens is 2. The van der Waals surface area contributed by atoms with Gasteiger partial charge < -0.3 is 9.84 Å². The predicted molar refractivity (Wildman–Crippen MR) is 118 cm³/mol. The maximum absolute atomic E-state index is 14.7. The van der Waals surface area contributed by atoms with Crippen LogP contribution in [-0.4, -0.2) is 28.4 Å². The van der Waals surface area contributed by atoms with E-state index in [0.29, 0.717) is 17.9 Å². The summed E-state index contributed by atoms with van der Waals surface area (Å²) in [5, 5.41) is 11.1. The molecule has 1 aromatic heterocycles. The number of rotatable bonds is 6. The van der Waals surface area contributed by atoms with Crippen LogP contribution in [-0.2, 0) is 9.59 Å². The summed E-state index contributed by atoms with van der Waals surface area (Å²) in [7, 11) is 0. The highest BCUT2D eigenvalue weighted by Crippen LogP contribution is 2.43. The van der Waals surface area contributed by atoms with Crippen LogP contribution in [0.2, 0.25) is 0 Å². The van der Waals surface area contributed by atoms with Crippen molar-refractivity contribution < 1.29 is 28.2 Å². The zero-order valence-electron chi connectivity index (χ0n) is 17.7. The molecule has 2 heterocycles. The van der Waals surface area contributed by atoms with Crippen LogP contribution in [0.1, 0.15) is 30.5 Å². The van der Waals surface area contributed by atoms with Gasteiger partial charge in [-0.2, -0.15) is 0 Å². The molecule has 1 amide bonds. The number of anilines is 1. The first-order valence-corrected chi connectivity index (χ1v) is 10.3. The molecule has 33 heavy (non-hydrogen) atoms. The number of pyridine rings is 1. The Morgan fingerprint density at radius 3 is 2.58 bits per heavy atom. The van der Waals surface area contributed by atoms with Gasteiger partial charge in [0.1, 0.15) is 23.1 Å². The maximum Gasteiger partial charge on any atom is 0.300 e. The Hall–Kier alpha value is -4.07. The minimum absolute atomic E-state index is 0.248. The number of carbonyl (C=O) groups is 2. The van der Waals surface area contributed by atoms with E-state index in [1.54, 1.807) is 24.3 Å². The van der Waals surface area contributed by atoms with E-state index in [1.165, 1.54) is 24.5 Å². The fourth-order valence-electron chi connectivity index (χ4n) is 3.72. The van der Waals surface area contributed by atoms with Gasteiger partial charge in [0.05, 0.1) is 23.9 Å². The molecule has 1 fully saturated rings. The Balaban J connectivity index is 1.91. The van der Waals surface area contributed by atoms with Gasteiger partial charge in [-0.15, -0.1) is 0 Å². The maximum atomic E-state index is 14.7. The molecular weight excluding hydrogens is 430 g/mol. The van der Waals surface area contributed by atoms with Gasteiger partial charge in [0.25, 0.3) is 11.7 Å². The second-order valence-electron chi connectivity index (χ2n) is 7.42. The SMILES string of the molecule is CCCOc1cccc(/C(O)=C2\C(=O)C(=O)N(c3cc(F)ccc3F)C2c2ccncc2)c1.